The Hall–Kier alpha value is -2.54. The Morgan fingerprint density at radius 2 is 1.24 bits per heavy atom. The van der Waals surface area contributed by atoms with Gasteiger partial charge in [0.25, 0.3) is 0 Å². The molecule has 1 fully saturated rings. The summed E-state index contributed by atoms with van der Waals surface area (Å²) in [6.07, 6.45) is 4.18. The zero-order chi connectivity index (χ0) is 18.3. The summed E-state index contributed by atoms with van der Waals surface area (Å²) in [6.45, 7) is 0.888. The van der Waals surface area contributed by atoms with E-state index in [0.717, 1.165) is 25.8 Å². The second-order valence-corrected chi connectivity index (χ2v) is 7.75. The minimum Gasteiger partial charge on any atom is -0.399 e. The first-order valence-electron chi connectivity index (χ1n) is 8.12. The molecule has 0 aromatic heterocycles. The molecular formula is C18H23N3O3S. The Morgan fingerprint density at radius 3 is 1.72 bits per heavy atom. The number of anilines is 2. The quantitative estimate of drug-likeness (QED) is 0.710. The molecule has 25 heavy (non-hydrogen) atoms. The van der Waals surface area contributed by atoms with Gasteiger partial charge in [-0.2, -0.15) is 0 Å². The zero-order valence-electron chi connectivity index (χ0n) is 13.9. The molecule has 1 aliphatic rings. The largest absolute Gasteiger partial charge is 0.399 e. The van der Waals surface area contributed by atoms with Crippen molar-refractivity contribution in [3.8, 4) is 0 Å². The lowest BCUT2D eigenvalue weighted by Crippen LogP contribution is -2.21. The summed E-state index contributed by atoms with van der Waals surface area (Å²) in [7, 11) is -3.48. The number of nitrogens with one attached hydrogen (secondary N) is 1. The highest BCUT2D eigenvalue weighted by molar-refractivity contribution is 7.91. The Kier molecular flexibility index (Phi) is 6.41. The van der Waals surface area contributed by atoms with Crippen molar-refractivity contribution in [2.75, 3.05) is 18.0 Å². The van der Waals surface area contributed by atoms with Crippen LogP contribution in [0.5, 0.6) is 0 Å². The monoisotopic (exact) mass is 361 g/mol. The van der Waals surface area contributed by atoms with Gasteiger partial charge in [-0.1, -0.05) is 6.42 Å². The van der Waals surface area contributed by atoms with E-state index >= 15 is 0 Å². The minimum absolute atomic E-state index is 0.219. The maximum atomic E-state index is 12.2. The number of sulfone groups is 1. The molecule has 0 atom stereocenters. The maximum Gasteiger partial charge on any atom is 0.219 e. The van der Waals surface area contributed by atoms with Crippen LogP contribution in [0.25, 0.3) is 0 Å². The zero-order valence-corrected chi connectivity index (χ0v) is 14.8. The predicted octanol–water partition coefficient (Wildman–Crippen LogP) is 2.36. The number of rotatable bonds is 2. The molecule has 3 rings (SSSR count). The summed E-state index contributed by atoms with van der Waals surface area (Å²) in [5.41, 5.74) is 12.1. The van der Waals surface area contributed by atoms with Gasteiger partial charge in [0, 0.05) is 24.3 Å². The summed E-state index contributed by atoms with van der Waals surface area (Å²) in [5, 5.41) is 2.81. The van der Waals surface area contributed by atoms with Crippen molar-refractivity contribution in [2.45, 2.75) is 35.5 Å². The van der Waals surface area contributed by atoms with E-state index < -0.39 is 9.84 Å². The number of nitrogen functional groups attached to an aromatic ring is 2. The van der Waals surface area contributed by atoms with Crippen LogP contribution in [-0.2, 0) is 14.6 Å². The molecule has 0 bridgehead atoms. The summed E-state index contributed by atoms with van der Waals surface area (Å²) in [5.74, 6) is 0.225. The molecule has 5 N–H and O–H groups in total. The molecule has 6 nitrogen and oxygen atoms in total. The first kappa shape index (κ1) is 18.8. The third kappa shape index (κ3) is 5.49. The number of carbonyl (C=O) groups is 1. The van der Waals surface area contributed by atoms with Crippen molar-refractivity contribution in [3.05, 3.63) is 48.5 Å². The molecule has 0 radical (unpaired) electrons. The average Bonchev–Trinajstić information content (AvgIpc) is 2.84. The second-order valence-electron chi connectivity index (χ2n) is 5.80. The van der Waals surface area contributed by atoms with Crippen molar-refractivity contribution in [1.29, 1.82) is 0 Å². The molecule has 0 spiro atoms. The fourth-order valence-corrected chi connectivity index (χ4v) is 3.59. The van der Waals surface area contributed by atoms with Gasteiger partial charge in [-0.25, -0.2) is 8.42 Å². The molecule has 134 valence electrons. The van der Waals surface area contributed by atoms with Crippen molar-refractivity contribution in [2.24, 2.45) is 0 Å². The van der Waals surface area contributed by atoms with Crippen molar-refractivity contribution in [3.63, 3.8) is 0 Å². The molecule has 0 saturated carbocycles. The Balaban J connectivity index is 0.000000236. The number of benzene rings is 2. The second kappa shape index (κ2) is 8.53. The number of hydrogen-bond donors (Lipinski definition) is 3. The normalized spacial score (nSPS) is 14.6. The van der Waals surface area contributed by atoms with Crippen molar-refractivity contribution in [1.82, 2.24) is 5.32 Å². The highest BCUT2D eigenvalue weighted by Gasteiger charge is 2.16. The Morgan fingerprint density at radius 1 is 0.760 bits per heavy atom. The topological polar surface area (TPSA) is 115 Å². The van der Waals surface area contributed by atoms with Crippen LogP contribution in [0.2, 0.25) is 0 Å². The number of hydrogen-bond acceptors (Lipinski definition) is 5. The van der Waals surface area contributed by atoms with Gasteiger partial charge in [0.2, 0.25) is 15.7 Å². The fraction of sp³-hybridized carbons (Fsp3) is 0.278. The summed E-state index contributed by atoms with van der Waals surface area (Å²) < 4.78 is 24.3. The van der Waals surface area contributed by atoms with Crippen LogP contribution in [0.15, 0.2) is 58.3 Å². The van der Waals surface area contributed by atoms with E-state index in [1.807, 2.05) is 0 Å². The first-order chi connectivity index (χ1) is 11.9. The molecule has 1 aliphatic heterocycles. The standard InChI is InChI=1S/C12H12N2O2S.C6H11NO/c13-9-1-5-11(6-2-9)17(15,16)12-7-3-10(14)4-8-12;8-6-4-2-1-3-5-7-6/h1-8H,13-14H2;1-5H2,(H,7,8). The Labute approximate surface area is 148 Å². The number of carbonyl (C=O) groups excluding carboxylic acids is 1. The van der Waals surface area contributed by atoms with Gasteiger partial charge in [0.15, 0.2) is 0 Å². The molecule has 2 aromatic carbocycles. The van der Waals surface area contributed by atoms with Gasteiger partial charge >= 0.3 is 0 Å². The highest BCUT2D eigenvalue weighted by Crippen LogP contribution is 2.22. The van der Waals surface area contributed by atoms with Crippen LogP contribution >= 0.6 is 0 Å². The smallest absolute Gasteiger partial charge is 0.219 e. The van der Waals surface area contributed by atoms with Crippen molar-refractivity contribution < 1.29 is 13.2 Å². The SMILES string of the molecule is Nc1ccc(S(=O)(=O)c2ccc(N)cc2)cc1.O=C1CCCCCN1. The van der Waals surface area contributed by atoms with E-state index in [1.54, 1.807) is 24.3 Å². The summed E-state index contributed by atoms with van der Waals surface area (Å²) >= 11 is 0. The summed E-state index contributed by atoms with van der Waals surface area (Å²) in [6, 6.07) is 12.2. The van der Waals surface area contributed by atoms with E-state index in [2.05, 4.69) is 5.32 Å². The molecule has 1 heterocycles. The van der Waals surface area contributed by atoms with Crippen LogP contribution in [0, 0.1) is 0 Å². The predicted molar refractivity (Wildman–Crippen MR) is 98.6 cm³/mol. The average molecular weight is 361 g/mol. The highest BCUT2D eigenvalue weighted by atomic mass is 32.2. The van der Waals surface area contributed by atoms with Crippen LogP contribution in [0.1, 0.15) is 25.7 Å². The van der Waals surface area contributed by atoms with E-state index in [4.69, 9.17) is 11.5 Å². The molecular weight excluding hydrogens is 338 g/mol. The molecule has 1 saturated heterocycles. The molecule has 7 heteroatoms. The minimum atomic E-state index is -3.48. The molecule has 0 aliphatic carbocycles. The van der Waals surface area contributed by atoms with Crippen molar-refractivity contribution >= 4 is 27.1 Å². The lowest BCUT2D eigenvalue weighted by Gasteiger charge is -2.05. The van der Waals surface area contributed by atoms with E-state index in [-0.39, 0.29) is 15.7 Å². The number of amides is 1. The molecule has 1 amide bonds. The maximum absolute atomic E-state index is 12.2. The van der Waals surface area contributed by atoms with Gasteiger partial charge in [-0.05, 0) is 61.4 Å². The Bertz CT molecular complexity index is 739. The fourth-order valence-electron chi connectivity index (χ4n) is 2.33. The number of nitrogens with two attached hydrogens (primary N) is 2. The van der Waals surface area contributed by atoms with E-state index in [1.165, 1.54) is 30.7 Å². The third-order valence-corrected chi connectivity index (χ3v) is 5.57. The van der Waals surface area contributed by atoms with Gasteiger partial charge in [0.1, 0.15) is 0 Å². The lowest BCUT2D eigenvalue weighted by molar-refractivity contribution is -0.120. The molecule has 2 aromatic rings. The van der Waals surface area contributed by atoms with E-state index in [0.29, 0.717) is 11.4 Å². The van der Waals surface area contributed by atoms with Crippen LogP contribution in [-0.4, -0.2) is 20.9 Å². The van der Waals surface area contributed by atoms with Crippen LogP contribution in [0.3, 0.4) is 0 Å². The van der Waals surface area contributed by atoms with E-state index in [9.17, 15) is 13.2 Å². The van der Waals surface area contributed by atoms with Gasteiger partial charge in [0.05, 0.1) is 9.79 Å². The van der Waals surface area contributed by atoms with Gasteiger partial charge in [-0.15, -0.1) is 0 Å². The van der Waals surface area contributed by atoms with Gasteiger partial charge in [-0.3, -0.25) is 4.79 Å². The lowest BCUT2D eigenvalue weighted by atomic mass is 10.2. The van der Waals surface area contributed by atoms with Crippen LogP contribution in [0.4, 0.5) is 11.4 Å². The van der Waals surface area contributed by atoms with Crippen LogP contribution < -0.4 is 16.8 Å². The first-order valence-corrected chi connectivity index (χ1v) is 9.61. The summed E-state index contributed by atoms with van der Waals surface area (Å²) in [4.78, 5) is 11.0. The van der Waals surface area contributed by atoms with Gasteiger partial charge < -0.3 is 16.8 Å². The third-order valence-electron chi connectivity index (χ3n) is 3.78. The molecule has 0 unspecified atom stereocenters.